The van der Waals surface area contributed by atoms with Crippen molar-refractivity contribution >= 4 is 17.9 Å². The van der Waals surface area contributed by atoms with Crippen LogP contribution in [0.2, 0.25) is 0 Å². The predicted molar refractivity (Wildman–Crippen MR) is 95.3 cm³/mol. The van der Waals surface area contributed by atoms with E-state index in [1.807, 2.05) is 5.32 Å². The van der Waals surface area contributed by atoms with Gasteiger partial charge in [0.25, 0.3) is 5.91 Å². The summed E-state index contributed by atoms with van der Waals surface area (Å²) in [6, 6.07) is 12.3. The highest BCUT2D eigenvalue weighted by atomic mass is 16.5. The van der Waals surface area contributed by atoms with E-state index < -0.39 is 24.0 Å². The molecule has 26 heavy (non-hydrogen) atoms. The highest BCUT2D eigenvalue weighted by Crippen LogP contribution is 2.22. The van der Waals surface area contributed by atoms with Gasteiger partial charge in [-0.05, 0) is 41.3 Å². The smallest absolute Gasteiger partial charge is 0.338 e. The molecule has 7 nitrogen and oxygen atoms in total. The Morgan fingerprint density at radius 1 is 0.962 bits per heavy atom. The molecular formula is C19H20N2O5. The summed E-state index contributed by atoms with van der Waals surface area (Å²) in [6.07, 6.45) is -1.13. The zero-order chi connectivity index (χ0) is 19.3. The number of phenols is 1. The first-order valence-corrected chi connectivity index (χ1v) is 7.98. The van der Waals surface area contributed by atoms with Crippen LogP contribution in [-0.4, -0.2) is 29.1 Å². The number of primary amides is 1. The first kappa shape index (κ1) is 19.0. The highest BCUT2D eigenvalue weighted by molar-refractivity contribution is 5.98. The molecule has 0 saturated heterocycles. The Balaban J connectivity index is 2.12. The zero-order valence-electron chi connectivity index (χ0n) is 14.4. The van der Waals surface area contributed by atoms with Crippen molar-refractivity contribution in [1.82, 2.24) is 5.32 Å². The molecule has 0 spiro atoms. The van der Waals surface area contributed by atoms with Gasteiger partial charge in [0.1, 0.15) is 5.75 Å². The molecule has 1 atom stereocenters. The van der Waals surface area contributed by atoms with Crippen molar-refractivity contribution in [3.8, 4) is 16.9 Å². The summed E-state index contributed by atoms with van der Waals surface area (Å²) in [6.45, 7) is 3.37. The highest BCUT2D eigenvalue weighted by Gasteiger charge is 2.27. The lowest BCUT2D eigenvalue weighted by atomic mass is 10.0. The molecule has 0 bridgehead atoms. The molecule has 0 radical (unpaired) electrons. The number of carbonyl (C=O) groups excluding carboxylic acids is 3. The van der Waals surface area contributed by atoms with Crippen molar-refractivity contribution in [2.75, 3.05) is 0 Å². The standard InChI is InChI=1S/C19H20N2O5/c1-11(2)16(17(23)21-19(20)25)26-18(24)14-5-3-12(4-6-14)13-7-9-15(22)10-8-13/h3-11,16,22H,1-2H3,(H3,20,21,23,25)/t16-/m1/s1. The van der Waals surface area contributed by atoms with Gasteiger partial charge in [-0.15, -0.1) is 0 Å². The predicted octanol–water partition coefficient (Wildman–Crippen LogP) is 2.44. The number of esters is 1. The molecule has 0 unspecified atom stereocenters. The van der Waals surface area contributed by atoms with E-state index in [0.29, 0.717) is 0 Å². The number of ether oxygens (including phenoxy) is 1. The van der Waals surface area contributed by atoms with Crippen LogP contribution in [-0.2, 0) is 9.53 Å². The molecule has 0 aliphatic heterocycles. The minimum Gasteiger partial charge on any atom is -0.508 e. The van der Waals surface area contributed by atoms with Crippen LogP contribution >= 0.6 is 0 Å². The average molecular weight is 356 g/mol. The molecule has 0 aliphatic rings. The molecule has 2 rings (SSSR count). The van der Waals surface area contributed by atoms with Gasteiger partial charge >= 0.3 is 12.0 Å². The quantitative estimate of drug-likeness (QED) is 0.711. The van der Waals surface area contributed by atoms with Gasteiger partial charge in [-0.25, -0.2) is 9.59 Å². The molecule has 3 amide bonds. The van der Waals surface area contributed by atoms with E-state index in [2.05, 4.69) is 0 Å². The number of amides is 3. The normalized spacial score (nSPS) is 11.7. The maximum absolute atomic E-state index is 12.3. The maximum atomic E-state index is 12.3. The number of hydrogen-bond donors (Lipinski definition) is 3. The number of carbonyl (C=O) groups is 3. The molecular weight excluding hydrogens is 336 g/mol. The summed E-state index contributed by atoms with van der Waals surface area (Å²) in [4.78, 5) is 35.0. The lowest BCUT2D eigenvalue weighted by Crippen LogP contribution is -2.45. The van der Waals surface area contributed by atoms with E-state index in [-0.39, 0.29) is 17.2 Å². The van der Waals surface area contributed by atoms with Crippen molar-refractivity contribution < 1.29 is 24.2 Å². The van der Waals surface area contributed by atoms with Gasteiger partial charge in [-0.3, -0.25) is 10.1 Å². The molecule has 0 aromatic heterocycles. The number of benzene rings is 2. The summed E-state index contributed by atoms with van der Waals surface area (Å²) >= 11 is 0. The Hall–Kier alpha value is -3.35. The van der Waals surface area contributed by atoms with E-state index in [1.165, 1.54) is 0 Å². The van der Waals surface area contributed by atoms with Gasteiger partial charge in [0.05, 0.1) is 5.56 Å². The number of nitrogens with one attached hydrogen (secondary N) is 1. The van der Waals surface area contributed by atoms with Crippen molar-refractivity contribution in [1.29, 1.82) is 0 Å². The molecule has 0 fully saturated rings. The lowest BCUT2D eigenvalue weighted by molar-refractivity contribution is -0.130. The first-order valence-electron chi connectivity index (χ1n) is 7.98. The van der Waals surface area contributed by atoms with Crippen LogP contribution in [0.1, 0.15) is 24.2 Å². The van der Waals surface area contributed by atoms with Crippen LogP contribution in [0, 0.1) is 5.92 Å². The Morgan fingerprint density at radius 2 is 1.46 bits per heavy atom. The summed E-state index contributed by atoms with van der Waals surface area (Å²) in [7, 11) is 0. The van der Waals surface area contributed by atoms with Crippen LogP contribution in [0.3, 0.4) is 0 Å². The second-order valence-electron chi connectivity index (χ2n) is 6.05. The monoisotopic (exact) mass is 356 g/mol. The van der Waals surface area contributed by atoms with Crippen LogP contribution in [0.15, 0.2) is 48.5 Å². The zero-order valence-corrected chi connectivity index (χ0v) is 14.4. The van der Waals surface area contributed by atoms with E-state index >= 15 is 0 Å². The van der Waals surface area contributed by atoms with Gasteiger partial charge in [-0.1, -0.05) is 38.1 Å². The summed E-state index contributed by atoms with van der Waals surface area (Å²) in [5.74, 6) is -1.61. The molecule has 7 heteroatoms. The minimum absolute atomic E-state index is 0.169. The minimum atomic E-state index is -1.13. The second-order valence-corrected chi connectivity index (χ2v) is 6.05. The fraction of sp³-hybridized carbons (Fsp3) is 0.211. The van der Waals surface area contributed by atoms with E-state index in [9.17, 15) is 19.5 Å². The van der Waals surface area contributed by atoms with Crippen LogP contribution < -0.4 is 11.1 Å². The summed E-state index contributed by atoms with van der Waals surface area (Å²) in [5, 5.41) is 11.2. The average Bonchev–Trinajstić information content (AvgIpc) is 2.59. The number of imide groups is 1. The third-order valence-electron chi connectivity index (χ3n) is 3.67. The van der Waals surface area contributed by atoms with Crippen molar-refractivity contribution in [3.05, 3.63) is 54.1 Å². The number of aromatic hydroxyl groups is 1. The largest absolute Gasteiger partial charge is 0.508 e. The molecule has 2 aromatic rings. The summed E-state index contributed by atoms with van der Waals surface area (Å²) < 4.78 is 5.23. The fourth-order valence-corrected chi connectivity index (χ4v) is 2.32. The van der Waals surface area contributed by atoms with Crippen molar-refractivity contribution in [2.24, 2.45) is 11.7 Å². The third-order valence-corrected chi connectivity index (χ3v) is 3.67. The molecule has 0 heterocycles. The Morgan fingerprint density at radius 3 is 1.92 bits per heavy atom. The Bertz CT molecular complexity index is 798. The summed E-state index contributed by atoms with van der Waals surface area (Å²) in [5.41, 5.74) is 6.93. The van der Waals surface area contributed by atoms with E-state index in [1.54, 1.807) is 62.4 Å². The second kappa shape index (κ2) is 8.15. The van der Waals surface area contributed by atoms with Gasteiger partial charge in [0.15, 0.2) is 6.10 Å². The molecule has 4 N–H and O–H groups in total. The van der Waals surface area contributed by atoms with Crippen LogP contribution in [0.25, 0.3) is 11.1 Å². The maximum Gasteiger partial charge on any atom is 0.338 e. The molecule has 2 aromatic carbocycles. The lowest BCUT2D eigenvalue weighted by Gasteiger charge is -2.19. The van der Waals surface area contributed by atoms with Gasteiger partial charge in [0, 0.05) is 0 Å². The fourth-order valence-electron chi connectivity index (χ4n) is 2.32. The molecule has 136 valence electrons. The number of rotatable bonds is 5. The topological polar surface area (TPSA) is 119 Å². The van der Waals surface area contributed by atoms with Crippen LogP contribution in [0.5, 0.6) is 5.75 Å². The number of nitrogens with two attached hydrogens (primary N) is 1. The number of phenolic OH excluding ortho intramolecular Hbond substituents is 1. The van der Waals surface area contributed by atoms with Crippen molar-refractivity contribution in [3.63, 3.8) is 0 Å². The van der Waals surface area contributed by atoms with Gasteiger partial charge in [-0.2, -0.15) is 0 Å². The van der Waals surface area contributed by atoms with Crippen molar-refractivity contribution in [2.45, 2.75) is 20.0 Å². The SMILES string of the molecule is CC(C)[C@@H](OC(=O)c1ccc(-c2ccc(O)cc2)cc1)C(=O)NC(N)=O. The van der Waals surface area contributed by atoms with Gasteiger partial charge < -0.3 is 15.6 Å². The Kier molecular flexibility index (Phi) is 5.95. The third kappa shape index (κ3) is 4.83. The molecule has 0 aliphatic carbocycles. The van der Waals surface area contributed by atoms with E-state index in [4.69, 9.17) is 10.5 Å². The number of urea groups is 1. The number of hydrogen-bond acceptors (Lipinski definition) is 5. The first-order chi connectivity index (χ1) is 12.3. The Labute approximate surface area is 150 Å². The molecule has 0 saturated carbocycles. The van der Waals surface area contributed by atoms with E-state index in [0.717, 1.165) is 11.1 Å². The van der Waals surface area contributed by atoms with Crippen LogP contribution in [0.4, 0.5) is 4.79 Å². The van der Waals surface area contributed by atoms with Gasteiger partial charge in [0.2, 0.25) is 0 Å².